The van der Waals surface area contributed by atoms with E-state index in [1.54, 1.807) is 0 Å². The second kappa shape index (κ2) is 8.41. The lowest BCUT2D eigenvalue weighted by molar-refractivity contribution is -0.0521. The lowest BCUT2D eigenvalue weighted by Crippen LogP contribution is -2.35. The first-order valence-electron chi connectivity index (χ1n) is 7.73. The van der Waals surface area contributed by atoms with Crippen molar-refractivity contribution in [2.45, 2.75) is 26.5 Å². The average Bonchev–Trinajstić information content (AvgIpc) is 2.55. The SMILES string of the molecule is CC(C)C(NC(=O)Nc1ccc(OC(F)F)c(F)c1)c1ccccc1. The molecule has 2 rings (SSSR count). The molecule has 1 unspecified atom stereocenters. The molecule has 25 heavy (non-hydrogen) atoms. The number of carbonyl (C=O) groups excluding carboxylic acids is 1. The van der Waals surface area contributed by atoms with Gasteiger partial charge in [0.1, 0.15) is 0 Å². The molecule has 0 saturated carbocycles. The second-order valence-corrected chi connectivity index (χ2v) is 5.75. The fraction of sp³-hybridized carbons (Fsp3) is 0.278. The van der Waals surface area contributed by atoms with E-state index >= 15 is 0 Å². The third-order valence-electron chi connectivity index (χ3n) is 3.52. The van der Waals surface area contributed by atoms with Crippen molar-refractivity contribution in [3.05, 3.63) is 59.9 Å². The molecule has 0 heterocycles. The van der Waals surface area contributed by atoms with Gasteiger partial charge in [0, 0.05) is 11.8 Å². The van der Waals surface area contributed by atoms with Crippen molar-refractivity contribution < 1.29 is 22.7 Å². The third kappa shape index (κ3) is 5.41. The van der Waals surface area contributed by atoms with Gasteiger partial charge in [-0.05, 0) is 23.6 Å². The van der Waals surface area contributed by atoms with Gasteiger partial charge in [-0.25, -0.2) is 9.18 Å². The zero-order valence-electron chi connectivity index (χ0n) is 13.8. The molecule has 2 N–H and O–H groups in total. The average molecular weight is 352 g/mol. The molecular weight excluding hydrogens is 333 g/mol. The number of halogens is 3. The molecule has 4 nitrogen and oxygen atoms in total. The first kappa shape index (κ1) is 18.6. The summed E-state index contributed by atoms with van der Waals surface area (Å²) in [6.45, 7) is 0.816. The number of rotatable bonds is 6. The van der Waals surface area contributed by atoms with Crippen LogP contribution in [0.5, 0.6) is 5.75 Å². The summed E-state index contributed by atoms with van der Waals surface area (Å²) in [6, 6.07) is 11.9. The second-order valence-electron chi connectivity index (χ2n) is 5.75. The van der Waals surface area contributed by atoms with Crippen molar-refractivity contribution in [1.82, 2.24) is 5.32 Å². The van der Waals surface area contributed by atoms with Gasteiger partial charge in [0.2, 0.25) is 0 Å². The van der Waals surface area contributed by atoms with Gasteiger partial charge in [-0.1, -0.05) is 44.2 Å². The Morgan fingerprint density at radius 1 is 1.08 bits per heavy atom. The minimum Gasteiger partial charge on any atom is -0.432 e. The summed E-state index contributed by atoms with van der Waals surface area (Å²) in [4.78, 5) is 12.2. The predicted molar refractivity (Wildman–Crippen MR) is 89.2 cm³/mol. The highest BCUT2D eigenvalue weighted by molar-refractivity contribution is 5.89. The van der Waals surface area contributed by atoms with Gasteiger partial charge >= 0.3 is 12.6 Å². The lowest BCUT2D eigenvalue weighted by atomic mass is 9.96. The number of carbonyl (C=O) groups is 1. The summed E-state index contributed by atoms with van der Waals surface area (Å²) in [5, 5.41) is 5.31. The predicted octanol–water partition coefficient (Wildman–Crippen LogP) is 4.95. The zero-order valence-corrected chi connectivity index (χ0v) is 13.8. The van der Waals surface area contributed by atoms with Crippen molar-refractivity contribution in [2.24, 2.45) is 5.92 Å². The zero-order chi connectivity index (χ0) is 18.4. The summed E-state index contributed by atoms with van der Waals surface area (Å²) in [5.41, 5.74) is 1.08. The molecular formula is C18H19F3N2O2. The maximum Gasteiger partial charge on any atom is 0.387 e. The molecule has 134 valence electrons. The Morgan fingerprint density at radius 3 is 2.32 bits per heavy atom. The van der Waals surface area contributed by atoms with Crippen LogP contribution in [0.25, 0.3) is 0 Å². The molecule has 0 spiro atoms. The van der Waals surface area contributed by atoms with E-state index in [4.69, 9.17) is 0 Å². The molecule has 0 aliphatic rings. The fourth-order valence-corrected chi connectivity index (χ4v) is 2.37. The normalized spacial score (nSPS) is 12.1. The Balaban J connectivity index is 2.05. The van der Waals surface area contributed by atoms with Gasteiger partial charge in [-0.15, -0.1) is 0 Å². The Bertz CT molecular complexity index is 709. The highest BCUT2D eigenvalue weighted by Gasteiger charge is 2.18. The highest BCUT2D eigenvalue weighted by atomic mass is 19.3. The smallest absolute Gasteiger partial charge is 0.387 e. The van der Waals surface area contributed by atoms with Crippen molar-refractivity contribution in [2.75, 3.05) is 5.32 Å². The Morgan fingerprint density at radius 2 is 1.76 bits per heavy atom. The molecule has 2 aromatic carbocycles. The molecule has 2 aromatic rings. The monoisotopic (exact) mass is 352 g/mol. The Hall–Kier alpha value is -2.70. The Kier molecular flexibility index (Phi) is 6.27. The number of urea groups is 1. The molecule has 0 saturated heterocycles. The van der Waals surface area contributed by atoms with Crippen LogP contribution in [0.15, 0.2) is 48.5 Å². The van der Waals surface area contributed by atoms with Crippen LogP contribution in [0.4, 0.5) is 23.7 Å². The number of hydrogen-bond acceptors (Lipinski definition) is 2. The van der Waals surface area contributed by atoms with Gasteiger partial charge in [0.25, 0.3) is 0 Å². The van der Waals surface area contributed by atoms with E-state index in [0.717, 1.165) is 17.7 Å². The number of benzene rings is 2. The van der Waals surface area contributed by atoms with Crippen LogP contribution in [0, 0.1) is 11.7 Å². The number of hydrogen-bond donors (Lipinski definition) is 2. The quantitative estimate of drug-likeness (QED) is 0.773. The van der Waals surface area contributed by atoms with Crippen molar-refractivity contribution in [3.8, 4) is 5.75 Å². The van der Waals surface area contributed by atoms with Crippen LogP contribution in [0.1, 0.15) is 25.5 Å². The summed E-state index contributed by atoms with van der Waals surface area (Å²) in [6.07, 6.45) is 0. The van der Waals surface area contributed by atoms with Crippen LogP contribution >= 0.6 is 0 Å². The number of ether oxygens (including phenoxy) is 1. The first-order chi connectivity index (χ1) is 11.9. The van der Waals surface area contributed by atoms with Crippen LogP contribution in [-0.4, -0.2) is 12.6 Å². The minimum absolute atomic E-state index is 0.131. The number of amides is 2. The maximum absolute atomic E-state index is 13.7. The standard InChI is InChI=1S/C18H19F3N2O2/c1-11(2)16(12-6-4-3-5-7-12)23-18(24)22-13-8-9-15(14(19)10-13)25-17(20)21/h3-11,16-17H,1-2H3,(H2,22,23,24). The largest absolute Gasteiger partial charge is 0.432 e. The summed E-state index contributed by atoms with van der Waals surface area (Å²) in [5.74, 6) is -1.43. The molecule has 0 aromatic heterocycles. The van der Waals surface area contributed by atoms with E-state index in [1.165, 1.54) is 6.07 Å². The molecule has 0 aliphatic heterocycles. The molecule has 0 bridgehead atoms. The fourth-order valence-electron chi connectivity index (χ4n) is 2.37. The summed E-state index contributed by atoms with van der Waals surface area (Å²) >= 11 is 0. The van der Waals surface area contributed by atoms with Gasteiger partial charge < -0.3 is 15.4 Å². The number of alkyl halides is 2. The van der Waals surface area contributed by atoms with E-state index in [-0.39, 0.29) is 17.6 Å². The molecule has 0 radical (unpaired) electrons. The molecule has 0 aliphatic carbocycles. The lowest BCUT2D eigenvalue weighted by Gasteiger charge is -2.23. The maximum atomic E-state index is 13.7. The van der Waals surface area contributed by atoms with Gasteiger partial charge in [0.15, 0.2) is 11.6 Å². The molecule has 0 fully saturated rings. The van der Waals surface area contributed by atoms with Crippen LogP contribution in [0.2, 0.25) is 0 Å². The van der Waals surface area contributed by atoms with E-state index in [0.29, 0.717) is 0 Å². The van der Waals surface area contributed by atoms with Crippen LogP contribution in [0.3, 0.4) is 0 Å². The minimum atomic E-state index is -3.12. The van der Waals surface area contributed by atoms with E-state index in [9.17, 15) is 18.0 Å². The van der Waals surface area contributed by atoms with Crippen molar-refractivity contribution >= 4 is 11.7 Å². The number of anilines is 1. The third-order valence-corrected chi connectivity index (χ3v) is 3.52. The van der Waals surface area contributed by atoms with E-state index in [1.807, 2.05) is 44.2 Å². The summed E-state index contributed by atoms with van der Waals surface area (Å²) < 4.78 is 42.0. The van der Waals surface area contributed by atoms with Gasteiger partial charge in [-0.3, -0.25) is 0 Å². The Labute approximate surface area is 144 Å². The highest BCUT2D eigenvalue weighted by Crippen LogP contribution is 2.24. The first-order valence-corrected chi connectivity index (χ1v) is 7.73. The molecule has 7 heteroatoms. The van der Waals surface area contributed by atoms with E-state index < -0.39 is 24.2 Å². The van der Waals surface area contributed by atoms with Gasteiger partial charge in [-0.2, -0.15) is 8.78 Å². The summed E-state index contributed by atoms with van der Waals surface area (Å²) in [7, 11) is 0. The molecule has 1 atom stereocenters. The van der Waals surface area contributed by atoms with Crippen molar-refractivity contribution in [3.63, 3.8) is 0 Å². The van der Waals surface area contributed by atoms with Crippen LogP contribution in [-0.2, 0) is 0 Å². The van der Waals surface area contributed by atoms with Crippen molar-refractivity contribution in [1.29, 1.82) is 0 Å². The van der Waals surface area contributed by atoms with Gasteiger partial charge in [0.05, 0.1) is 6.04 Å². The topological polar surface area (TPSA) is 50.4 Å². The van der Waals surface area contributed by atoms with E-state index in [2.05, 4.69) is 15.4 Å². The number of nitrogens with one attached hydrogen (secondary N) is 2. The molecule has 2 amide bonds. The van der Waals surface area contributed by atoms with Crippen LogP contribution < -0.4 is 15.4 Å².